The minimum atomic E-state index is -0.906. The zero-order valence-corrected chi connectivity index (χ0v) is 24.1. The number of aromatic nitrogens is 4. The first-order chi connectivity index (χ1) is 19.1. The van der Waals surface area contributed by atoms with E-state index < -0.39 is 12.1 Å². The number of rotatable bonds is 10. The van der Waals surface area contributed by atoms with Gasteiger partial charge in [0.1, 0.15) is 23.7 Å². The molecule has 3 amide bonds. The average molecular weight is 549 g/mol. The first-order valence-corrected chi connectivity index (χ1v) is 13.9. The van der Waals surface area contributed by atoms with E-state index in [1.165, 1.54) is 11.2 Å². The zero-order chi connectivity index (χ0) is 29.0. The molecule has 11 heteroatoms. The molecule has 1 aromatic carbocycles. The van der Waals surface area contributed by atoms with Gasteiger partial charge in [-0.3, -0.25) is 14.4 Å². The number of amides is 3. The predicted octanol–water partition coefficient (Wildman–Crippen LogP) is 2.67. The molecule has 1 aliphatic heterocycles. The fourth-order valence-corrected chi connectivity index (χ4v) is 5.12. The third kappa shape index (κ3) is 6.30. The van der Waals surface area contributed by atoms with Crippen molar-refractivity contribution in [2.45, 2.75) is 71.1 Å². The van der Waals surface area contributed by atoms with Crippen LogP contribution in [0.4, 0.5) is 0 Å². The molecule has 40 heavy (non-hydrogen) atoms. The van der Waals surface area contributed by atoms with Gasteiger partial charge in [0.05, 0.1) is 17.8 Å². The monoisotopic (exact) mass is 548 g/mol. The van der Waals surface area contributed by atoms with E-state index in [1.807, 2.05) is 51.1 Å². The van der Waals surface area contributed by atoms with Gasteiger partial charge in [-0.2, -0.15) is 0 Å². The number of hydrogen-bond donors (Lipinski definition) is 3. The number of benzene rings is 1. The van der Waals surface area contributed by atoms with Crippen molar-refractivity contribution < 1.29 is 14.4 Å². The van der Waals surface area contributed by atoms with E-state index >= 15 is 0 Å². The molecule has 3 heterocycles. The van der Waals surface area contributed by atoms with Crippen molar-refractivity contribution in [1.82, 2.24) is 40.4 Å². The van der Waals surface area contributed by atoms with Crippen LogP contribution in [0.25, 0.3) is 22.4 Å². The standard InChI is InChI=1S/C29H40N8O3/c1-17(2)14-23(38)36(6)15-21(33-28(39)19(4)30-5)29(40)37-18(3)12-13-22(37)26-34-25-24(20-10-8-7-9-11-20)31-16-32-27(25)35-26/h7-11,16-19,21-22,30H,12-15H2,1-6H3,(H,33,39)(H,31,32,34,35)/t18?,19-,21-,22-/m0/s1. The maximum Gasteiger partial charge on any atom is 0.247 e. The Balaban J connectivity index is 1.65. The van der Waals surface area contributed by atoms with Crippen LogP contribution in [0.5, 0.6) is 0 Å². The number of carbonyl (C=O) groups excluding carboxylic acids is 3. The maximum atomic E-state index is 14.2. The smallest absolute Gasteiger partial charge is 0.247 e. The Labute approximate surface area is 235 Å². The van der Waals surface area contributed by atoms with E-state index in [9.17, 15) is 14.4 Å². The molecule has 2 aromatic heterocycles. The second kappa shape index (κ2) is 12.5. The first kappa shape index (κ1) is 29.1. The predicted molar refractivity (Wildman–Crippen MR) is 153 cm³/mol. The molecular weight excluding hydrogens is 508 g/mol. The summed E-state index contributed by atoms with van der Waals surface area (Å²) in [6.45, 7) is 7.75. The number of H-pyrrole nitrogens is 1. The third-order valence-electron chi connectivity index (χ3n) is 7.50. The number of imidazole rings is 1. The lowest BCUT2D eigenvalue weighted by Crippen LogP contribution is -2.57. The summed E-state index contributed by atoms with van der Waals surface area (Å²) in [5.41, 5.74) is 2.92. The fourth-order valence-electron chi connectivity index (χ4n) is 5.12. The van der Waals surface area contributed by atoms with Crippen molar-refractivity contribution in [2.75, 3.05) is 20.6 Å². The van der Waals surface area contributed by atoms with Crippen LogP contribution < -0.4 is 10.6 Å². The summed E-state index contributed by atoms with van der Waals surface area (Å²) in [7, 11) is 3.36. The number of likely N-dealkylation sites (tertiary alicyclic amines) is 1. The van der Waals surface area contributed by atoms with Crippen LogP contribution in [-0.4, -0.2) is 86.2 Å². The van der Waals surface area contributed by atoms with E-state index in [-0.39, 0.29) is 42.3 Å². The molecular formula is C29H40N8O3. The van der Waals surface area contributed by atoms with Crippen molar-refractivity contribution in [2.24, 2.45) is 5.92 Å². The van der Waals surface area contributed by atoms with Gasteiger partial charge < -0.3 is 25.4 Å². The number of hydrogen-bond acceptors (Lipinski definition) is 7. The molecule has 3 aromatic rings. The molecule has 0 aliphatic carbocycles. The van der Waals surface area contributed by atoms with E-state index in [0.29, 0.717) is 29.8 Å². The zero-order valence-electron chi connectivity index (χ0n) is 24.1. The molecule has 0 bridgehead atoms. The maximum absolute atomic E-state index is 14.2. The second-order valence-electron chi connectivity index (χ2n) is 11.0. The summed E-state index contributed by atoms with van der Waals surface area (Å²) in [6.07, 6.45) is 3.34. The number of nitrogens with one attached hydrogen (secondary N) is 3. The summed E-state index contributed by atoms with van der Waals surface area (Å²) < 4.78 is 0. The highest BCUT2D eigenvalue weighted by Gasteiger charge is 2.41. The van der Waals surface area contributed by atoms with Crippen molar-refractivity contribution >= 4 is 28.9 Å². The lowest BCUT2D eigenvalue weighted by atomic mass is 10.1. The average Bonchev–Trinajstić information content (AvgIpc) is 3.54. The summed E-state index contributed by atoms with van der Waals surface area (Å²) in [5.74, 6) is 0.191. The van der Waals surface area contributed by atoms with Crippen LogP contribution >= 0.6 is 0 Å². The second-order valence-corrected chi connectivity index (χ2v) is 11.0. The van der Waals surface area contributed by atoms with Gasteiger partial charge in [0.2, 0.25) is 17.7 Å². The van der Waals surface area contributed by atoms with Crippen LogP contribution in [0.3, 0.4) is 0 Å². The van der Waals surface area contributed by atoms with Gasteiger partial charge in [-0.25, -0.2) is 15.0 Å². The first-order valence-electron chi connectivity index (χ1n) is 13.9. The Bertz CT molecular complexity index is 1340. The van der Waals surface area contributed by atoms with Gasteiger partial charge in [0.25, 0.3) is 0 Å². The highest BCUT2D eigenvalue weighted by molar-refractivity contribution is 5.91. The summed E-state index contributed by atoms with van der Waals surface area (Å²) >= 11 is 0. The molecule has 1 unspecified atom stereocenters. The molecule has 0 saturated carbocycles. The highest BCUT2D eigenvalue weighted by Crippen LogP contribution is 2.36. The molecule has 1 aliphatic rings. The Morgan fingerprint density at radius 1 is 1.12 bits per heavy atom. The van der Waals surface area contributed by atoms with E-state index in [2.05, 4.69) is 25.6 Å². The molecule has 3 N–H and O–H groups in total. The van der Waals surface area contributed by atoms with Crippen LogP contribution in [0, 0.1) is 5.92 Å². The Morgan fingerprint density at radius 3 is 2.52 bits per heavy atom. The molecule has 0 spiro atoms. The van der Waals surface area contributed by atoms with Gasteiger partial charge in [0.15, 0.2) is 5.65 Å². The van der Waals surface area contributed by atoms with Crippen molar-refractivity contribution in [3.63, 3.8) is 0 Å². The Kier molecular flexibility index (Phi) is 9.14. The fraction of sp³-hybridized carbons (Fsp3) is 0.517. The van der Waals surface area contributed by atoms with E-state index in [0.717, 1.165) is 17.7 Å². The van der Waals surface area contributed by atoms with Crippen LogP contribution in [0.1, 0.15) is 58.8 Å². The van der Waals surface area contributed by atoms with Gasteiger partial charge >= 0.3 is 0 Å². The van der Waals surface area contributed by atoms with Crippen LogP contribution in [0.15, 0.2) is 36.7 Å². The number of likely N-dealkylation sites (N-methyl/N-ethyl adjacent to an activating group) is 2. The molecule has 4 rings (SSSR count). The highest BCUT2D eigenvalue weighted by atomic mass is 16.2. The van der Waals surface area contributed by atoms with Gasteiger partial charge in [-0.05, 0) is 39.7 Å². The van der Waals surface area contributed by atoms with Crippen LogP contribution in [-0.2, 0) is 14.4 Å². The van der Waals surface area contributed by atoms with Crippen molar-refractivity contribution in [3.8, 4) is 11.3 Å². The third-order valence-corrected chi connectivity index (χ3v) is 7.50. The van der Waals surface area contributed by atoms with Crippen molar-refractivity contribution in [1.29, 1.82) is 0 Å². The summed E-state index contributed by atoms with van der Waals surface area (Å²) in [5, 5.41) is 5.81. The van der Waals surface area contributed by atoms with Gasteiger partial charge in [-0.1, -0.05) is 44.2 Å². The molecule has 1 fully saturated rings. The van der Waals surface area contributed by atoms with E-state index in [4.69, 9.17) is 4.98 Å². The Hall–Kier alpha value is -3.86. The summed E-state index contributed by atoms with van der Waals surface area (Å²) in [6, 6.07) is 7.99. The van der Waals surface area contributed by atoms with Crippen LogP contribution in [0.2, 0.25) is 0 Å². The number of fused-ring (bicyclic) bond motifs is 1. The minimum absolute atomic E-state index is 0.0703. The van der Waals surface area contributed by atoms with Gasteiger partial charge in [0, 0.05) is 31.6 Å². The molecule has 11 nitrogen and oxygen atoms in total. The number of aromatic amines is 1. The number of nitrogens with zero attached hydrogens (tertiary/aromatic N) is 5. The molecule has 4 atom stereocenters. The Morgan fingerprint density at radius 2 is 1.85 bits per heavy atom. The SMILES string of the molecule is CN[C@@H](C)C(=O)N[C@@H](CN(C)C(=O)CC(C)C)C(=O)N1C(C)CC[C@H]1c1nc2ncnc(-c3ccccc3)c2[nH]1. The molecule has 1 saturated heterocycles. The lowest BCUT2D eigenvalue weighted by Gasteiger charge is -2.33. The lowest BCUT2D eigenvalue weighted by molar-refractivity contribution is -0.141. The largest absolute Gasteiger partial charge is 0.343 e. The minimum Gasteiger partial charge on any atom is -0.343 e. The van der Waals surface area contributed by atoms with E-state index in [1.54, 1.807) is 25.9 Å². The quantitative estimate of drug-likeness (QED) is 0.354. The number of carbonyl (C=O) groups is 3. The van der Waals surface area contributed by atoms with Crippen molar-refractivity contribution in [3.05, 3.63) is 42.5 Å². The topological polar surface area (TPSA) is 136 Å². The normalized spacial score (nSPS) is 18.6. The summed E-state index contributed by atoms with van der Waals surface area (Å²) in [4.78, 5) is 60.1. The molecule has 0 radical (unpaired) electrons. The van der Waals surface area contributed by atoms with Gasteiger partial charge in [-0.15, -0.1) is 0 Å². The molecule has 214 valence electrons.